The Labute approximate surface area is 126 Å². The van der Waals surface area contributed by atoms with Crippen LogP contribution in [0.5, 0.6) is 5.75 Å². The minimum Gasteiger partial charge on any atom is -0.493 e. The van der Waals surface area contributed by atoms with E-state index in [-0.39, 0.29) is 0 Å². The van der Waals surface area contributed by atoms with Crippen LogP contribution in [0.25, 0.3) is 0 Å². The van der Waals surface area contributed by atoms with Crippen molar-refractivity contribution in [1.29, 1.82) is 0 Å². The first-order chi connectivity index (χ1) is 10.2. The lowest BCUT2D eigenvalue weighted by atomic mass is 9.50. The first kappa shape index (κ1) is 13.6. The predicted molar refractivity (Wildman–Crippen MR) is 79.9 cm³/mol. The molecule has 4 heteroatoms. The van der Waals surface area contributed by atoms with Gasteiger partial charge in [-0.2, -0.15) is 5.10 Å². The van der Waals surface area contributed by atoms with Crippen LogP contribution < -0.4 is 4.74 Å². The quantitative estimate of drug-likeness (QED) is 0.927. The molecule has 1 N–H and O–H groups in total. The summed E-state index contributed by atoms with van der Waals surface area (Å²) in [5.41, 5.74) is 0.900. The van der Waals surface area contributed by atoms with E-state index in [1.165, 1.54) is 32.1 Å². The first-order valence-corrected chi connectivity index (χ1v) is 8.49. The zero-order chi connectivity index (χ0) is 14.6. The third kappa shape index (κ3) is 2.02. The average molecular weight is 290 g/mol. The van der Waals surface area contributed by atoms with Gasteiger partial charge in [-0.3, -0.25) is 4.68 Å². The molecule has 1 atom stereocenters. The fourth-order valence-electron chi connectivity index (χ4n) is 5.75. The third-order valence-corrected chi connectivity index (χ3v) is 6.31. The van der Waals surface area contributed by atoms with Gasteiger partial charge in [-0.25, -0.2) is 0 Å². The number of hydrogen-bond acceptors (Lipinski definition) is 3. The molecule has 5 rings (SSSR count). The molecule has 4 aliphatic rings. The van der Waals surface area contributed by atoms with Crippen molar-refractivity contribution in [3.05, 3.63) is 11.9 Å². The minimum absolute atomic E-state index is 0.411. The molecule has 0 radical (unpaired) electrons. The maximum Gasteiger partial charge on any atom is 0.162 e. The number of methoxy groups -OCH3 is 1. The van der Waals surface area contributed by atoms with Crippen molar-refractivity contribution >= 4 is 0 Å². The van der Waals surface area contributed by atoms with Crippen molar-refractivity contribution in [3.63, 3.8) is 0 Å². The predicted octanol–water partition coefficient (Wildman–Crippen LogP) is 3.02. The van der Waals surface area contributed by atoms with Gasteiger partial charge in [-0.15, -0.1) is 0 Å². The number of ether oxygens (including phenoxy) is 1. The van der Waals surface area contributed by atoms with Crippen LogP contribution >= 0.6 is 0 Å². The van der Waals surface area contributed by atoms with Crippen LogP contribution in [0, 0.1) is 29.6 Å². The summed E-state index contributed by atoms with van der Waals surface area (Å²) >= 11 is 0. The van der Waals surface area contributed by atoms with E-state index in [4.69, 9.17) is 4.74 Å². The fraction of sp³-hybridized carbons (Fsp3) is 0.824. The van der Waals surface area contributed by atoms with Gasteiger partial charge in [0, 0.05) is 6.54 Å². The maximum atomic E-state index is 11.1. The highest BCUT2D eigenvalue weighted by Gasteiger charge is 2.51. The molecule has 4 aliphatic carbocycles. The average Bonchev–Trinajstić information content (AvgIpc) is 2.88. The SMILES string of the molecule is CCn1ncc(OC)c1C(O)C1C2CC3CC(C2)CC1C3. The Hall–Kier alpha value is -1.03. The molecular formula is C17H26N2O2. The van der Waals surface area contributed by atoms with E-state index in [1.54, 1.807) is 13.3 Å². The molecule has 1 aromatic heterocycles. The number of aliphatic hydroxyl groups is 1. The summed E-state index contributed by atoms with van der Waals surface area (Å²) in [7, 11) is 1.67. The minimum atomic E-state index is -0.419. The second-order valence-corrected chi connectivity index (χ2v) is 7.37. The van der Waals surface area contributed by atoms with E-state index in [0.717, 1.165) is 29.8 Å². The fourth-order valence-corrected chi connectivity index (χ4v) is 5.75. The van der Waals surface area contributed by atoms with Crippen LogP contribution in [0.2, 0.25) is 0 Å². The normalized spacial score (nSPS) is 38.7. The summed E-state index contributed by atoms with van der Waals surface area (Å²) in [4.78, 5) is 0. The number of aryl methyl sites for hydroxylation is 1. The molecule has 4 nitrogen and oxygen atoms in total. The number of hydrogen-bond donors (Lipinski definition) is 1. The van der Waals surface area contributed by atoms with Crippen molar-refractivity contribution in [2.24, 2.45) is 29.6 Å². The number of aliphatic hydroxyl groups excluding tert-OH is 1. The Morgan fingerprint density at radius 1 is 1.24 bits per heavy atom. The number of nitrogens with zero attached hydrogens (tertiary/aromatic N) is 2. The smallest absolute Gasteiger partial charge is 0.162 e. The molecule has 1 unspecified atom stereocenters. The lowest BCUT2D eigenvalue weighted by molar-refractivity contribution is -0.0933. The Morgan fingerprint density at radius 2 is 1.86 bits per heavy atom. The topological polar surface area (TPSA) is 47.3 Å². The van der Waals surface area contributed by atoms with E-state index in [2.05, 4.69) is 12.0 Å². The van der Waals surface area contributed by atoms with Gasteiger partial charge in [0.15, 0.2) is 5.75 Å². The molecule has 4 fully saturated rings. The zero-order valence-corrected chi connectivity index (χ0v) is 13.0. The Morgan fingerprint density at radius 3 is 2.38 bits per heavy atom. The highest BCUT2D eigenvalue weighted by Crippen LogP contribution is 2.59. The molecule has 1 aromatic rings. The van der Waals surface area contributed by atoms with Crippen molar-refractivity contribution in [2.45, 2.75) is 51.7 Å². The lowest BCUT2D eigenvalue weighted by Crippen LogP contribution is -2.47. The summed E-state index contributed by atoms with van der Waals surface area (Å²) in [5.74, 6) is 4.46. The summed E-state index contributed by atoms with van der Waals surface area (Å²) in [5, 5.41) is 15.5. The summed E-state index contributed by atoms with van der Waals surface area (Å²) in [6, 6.07) is 0. The van der Waals surface area contributed by atoms with E-state index < -0.39 is 6.10 Å². The van der Waals surface area contributed by atoms with Gasteiger partial charge in [0.2, 0.25) is 0 Å². The van der Waals surface area contributed by atoms with Crippen LogP contribution in [-0.4, -0.2) is 22.0 Å². The molecular weight excluding hydrogens is 264 g/mol. The molecule has 0 aliphatic heterocycles. The molecule has 4 saturated carbocycles. The van der Waals surface area contributed by atoms with Crippen LogP contribution in [-0.2, 0) is 6.54 Å². The van der Waals surface area contributed by atoms with Gasteiger partial charge < -0.3 is 9.84 Å². The van der Waals surface area contributed by atoms with Crippen molar-refractivity contribution in [3.8, 4) is 5.75 Å². The van der Waals surface area contributed by atoms with E-state index >= 15 is 0 Å². The molecule has 4 bridgehead atoms. The van der Waals surface area contributed by atoms with Crippen LogP contribution in [0.15, 0.2) is 6.20 Å². The van der Waals surface area contributed by atoms with Gasteiger partial charge in [0.05, 0.1) is 13.3 Å². The van der Waals surface area contributed by atoms with Crippen molar-refractivity contribution < 1.29 is 9.84 Å². The molecule has 21 heavy (non-hydrogen) atoms. The standard InChI is InChI=1S/C17H26N2O2/c1-3-19-16(14(21-2)9-18-19)17(20)15-12-5-10-4-11(7-12)8-13(15)6-10/h9-13,15,17,20H,3-8H2,1-2H3. The second-order valence-electron chi connectivity index (χ2n) is 7.37. The Balaban J connectivity index is 1.66. The summed E-state index contributed by atoms with van der Waals surface area (Å²) < 4.78 is 7.36. The second kappa shape index (κ2) is 5.01. The van der Waals surface area contributed by atoms with E-state index in [1.807, 2.05) is 4.68 Å². The molecule has 116 valence electrons. The van der Waals surface area contributed by atoms with Gasteiger partial charge in [0.25, 0.3) is 0 Å². The van der Waals surface area contributed by atoms with Gasteiger partial charge in [-0.05, 0) is 68.6 Å². The molecule has 0 saturated heterocycles. The van der Waals surface area contributed by atoms with Gasteiger partial charge in [-0.1, -0.05) is 0 Å². The molecule has 0 amide bonds. The van der Waals surface area contributed by atoms with Crippen LogP contribution in [0.4, 0.5) is 0 Å². The Kier molecular flexibility index (Phi) is 3.25. The van der Waals surface area contributed by atoms with E-state index in [0.29, 0.717) is 17.8 Å². The third-order valence-electron chi connectivity index (χ3n) is 6.31. The van der Waals surface area contributed by atoms with Gasteiger partial charge in [0.1, 0.15) is 11.8 Å². The Bertz CT molecular complexity index is 475. The highest BCUT2D eigenvalue weighted by atomic mass is 16.5. The first-order valence-electron chi connectivity index (χ1n) is 8.49. The monoisotopic (exact) mass is 290 g/mol. The van der Waals surface area contributed by atoms with Gasteiger partial charge >= 0.3 is 0 Å². The highest BCUT2D eigenvalue weighted by molar-refractivity contribution is 5.28. The van der Waals surface area contributed by atoms with Crippen LogP contribution in [0.3, 0.4) is 0 Å². The largest absolute Gasteiger partial charge is 0.493 e. The van der Waals surface area contributed by atoms with Crippen molar-refractivity contribution in [2.75, 3.05) is 7.11 Å². The molecule has 0 spiro atoms. The molecule has 0 aromatic carbocycles. The summed E-state index contributed by atoms with van der Waals surface area (Å²) in [6.45, 7) is 2.85. The lowest BCUT2D eigenvalue weighted by Gasteiger charge is -2.55. The van der Waals surface area contributed by atoms with Crippen LogP contribution in [0.1, 0.15) is 50.8 Å². The van der Waals surface area contributed by atoms with E-state index in [9.17, 15) is 5.11 Å². The van der Waals surface area contributed by atoms with Crippen molar-refractivity contribution in [1.82, 2.24) is 9.78 Å². The number of rotatable bonds is 4. The number of aromatic nitrogens is 2. The molecule has 1 heterocycles. The maximum absolute atomic E-state index is 11.1. The zero-order valence-electron chi connectivity index (χ0n) is 13.0. The summed E-state index contributed by atoms with van der Waals surface area (Å²) in [6.07, 6.45) is 8.10.